The van der Waals surface area contributed by atoms with Crippen LogP contribution in [0.3, 0.4) is 0 Å². The van der Waals surface area contributed by atoms with Crippen molar-refractivity contribution in [2.24, 2.45) is 5.92 Å². The van der Waals surface area contributed by atoms with Crippen molar-refractivity contribution in [3.63, 3.8) is 0 Å². The monoisotopic (exact) mass is 463 g/mol. The van der Waals surface area contributed by atoms with Crippen molar-refractivity contribution in [2.75, 3.05) is 19.5 Å². The van der Waals surface area contributed by atoms with E-state index in [1.54, 1.807) is 44.2 Å². The number of carbonyl (C=O) groups excluding carboxylic acids is 1. The average molecular weight is 464 g/mol. The molecule has 0 saturated carbocycles. The maximum Gasteiger partial charge on any atom is 0.242 e. The van der Waals surface area contributed by atoms with Crippen molar-refractivity contribution in [3.8, 4) is 11.5 Å². The maximum absolute atomic E-state index is 13.0. The molecule has 0 saturated heterocycles. The van der Waals surface area contributed by atoms with Crippen molar-refractivity contribution in [1.29, 1.82) is 0 Å². The molecule has 166 valence electrons. The lowest BCUT2D eigenvalue weighted by atomic mass is 10.0. The molecule has 0 spiro atoms. The number of fused-ring (bicyclic) bond motifs is 1. The number of methoxy groups -OCH3 is 2. The highest BCUT2D eigenvalue weighted by Crippen LogP contribution is 2.30. The molecule has 0 radical (unpaired) electrons. The number of aryl methyl sites for hydroxylation is 1. The molecule has 31 heavy (non-hydrogen) atoms. The Morgan fingerprint density at radius 3 is 2.48 bits per heavy atom. The number of thiazole rings is 1. The van der Waals surface area contributed by atoms with E-state index in [-0.39, 0.29) is 10.8 Å². The van der Waals surface area contributed by atoms with Crippen LogP contribution in [0.4, 0.5) is 5.69 Å². The fourth-order valence-corrected chi connectivity index (χ4v) is 5.34. The fourth-order valence-electron chi connectivity index (χ4n) is 3.03. The first-order valence-corrected chi connectivity index (χ1v) is 11.9. The van der Waals surface area contributed by atoms with Gasteiger partial charge in [-0.15, -0.1) is 11.3 Å². The van der Waals surface area contributed by atoms with Crippen molar-refractivity contribution in [3.05, 3.63) is 41.4 Å². The minimum absolute atomic E-state index is 0.0872. The van der Waals surface area contributed by atoms with E-state index in [0.29, 0.717) is 17.2 Å². The highest BCUT2D eigenvalue weighted by molar-refractivity contribution is 7.89. The van der Waals surface area contributed by atoms with E-state index in [2.05, 4.69) is 15.0 Å². The number of aromatic nitrogens is 1. The van der Waals surface area contributed by atoms with E-state index >= 15 is 0 Å². The van der Waals surface area contributed by atoms with Crippen LogP contribution < -0.4 is 19.5 Å². The standard InChI is InChI=1S/C21H25N3O5S2/c1-12(2)20(21(25)23-16-8-6-14(28-4)10-18(16)29-5)24-31(26,27)15-7-9-17-19(11-15)30-13(3)22-17/h6-12,20,24H,1-5H3,(H,23,25)/t20-/m1/s1. The molecule has 2 N–H and O–H groups in total. The summed E-state index contributed by atoms with van der Waals surface area (Å²) in [7, 11) is -0.928. The van der Waals surface area contributed by atoms with Gasteiger partial charge in [0.05, 0.1) is 40.0 Å². The summed E-state index contributed by atoms with van der Waals surface area (Å²) in [5.41, 5.74) is 1.16. The summed E-state index contributed by atoms with van der Waals surface area (Å²) in [6.07, 6.45) is 0. The Balaban J connectivity index is 1.84. The average Bonchev–Trinajstić information content (AvgIpc) is 3.11. The molecule has 1 aromatic heterocycles. The van der Waals surface area contributed by atoms with Gasteiger partial charge in [-0.25, -0.2) is 13.4 Å². The zero-order valence-corrected chi connectivity index (χ0v) is 19.6. The highest BCUT2D eigenvalue weighted by Gasteiger charge is 2.29. The third-order valence-corrected chi connectivity index (χ3v) is 7.05. The highest BCUT2D eigenvalue weighted by atomic mass is 32.2. The second kappa shape index (κ2) is 9.21. The van der Waals surface area contributed by atoms with Gasteiger partial charge in [0.1, 0.15) is 17.5 Å². The Kier molecular flexibility index (Phi) is 6.83. The zero-order chi connectivity index (χ0) is 22.8. The van der Waals surface area contributed by atoms with Gasteiger partial charge in [0.15, 0.2) is 0 Å². The molecule has 0 fully saturated rings. The second-order valence-electron chi connectivity index (χ2n) is 7.26. The Hall–Kier alpha value is -2.69. The number of benzene rings is 2. The third kappa shape index (κ3) is 5.15. The number of nitrogens with one attached hydrogen (secondary N) is 2. The van der Waals surface area contributed by atoms with Crippen molar-refractivity contribution in [1.82, 2.24) is 9.71 Å². The van der Waals surface area contributed by atoms with Crippen molar-refractivity contribution in [2.45, 2.75) is 31.7 Å². The summed E-state index contributed by atoms with van der Waals surface area (Å²) in [6.45, 7) is 5.41. The third-order valence-electron chi connectivity index (χ3n) is 4.67. The van der Waals surface area contributed by atoms with Crippen LogP contribution in [0.5, 0.6) is 11.5 Å². The van der Waals surface area contributed by atoms with Crippen LogP contribution in [0.1, 0.15) is 18.9 Å². The van der Waals surface area contributed by atoms with Crippen LogP contribution >= 0.6 is 11.3 Å². The summed E-state index contributed by atoms with van der Waals surface area (Å²) >= 11 is 1.42. The summed E-state index contributed by atoms with van der Waals surface area (Å²) in [5.74, 6) is 0.193. The van der Waals surface area contributed by atoms with Gasteiger partial charge >= 0.3 is 0 Å². The van der Waals surface area contributed by atoms with Gasteiger partial charge in [-0.05, 0) is 43.2 Å². The van der Waals surface area contributed by atoms with E-state index in [1.807, 2.05) is 6.92 Å². The summed E-state index contributed by atoms with van der Waals surface area (Å²) in [6, 6.07) is 8.70. The summed E-state index contributed by atoms with van der Waals surface area (Å²) in [5, 5.41) is 3.60. The Labute approximate surface area is 185 Å². The van der Waals surface area contributed by atoms with Gasteiger partial charge in [0.25, 0.3) is 0 Å². The van der Waals surface area contributed by atoms with Crippen LogP contribution in [0.15, 0.2) is 41.3 Å². The molecule has 10 heteroatoms. The number of amides is 1. The second-order valence-corrected chi connectivity index (χ2v) is 10.2. The smallest absolute Gasteiger partial charge is 0.242 e. The van der Waals surface area contributed by atoms with Crippen molar-refractivity contribution >= 4 is 43.2 Å². The molecule has 1 heterocycles. The molecular weight excluding hydrogens is 438 g/mol. The number of carbonyl (C=O) groups is 1. The normalized spacial score (nSPS) is 12.7. The molecule has 2 aromatic carbocycles. The van der Waals surface area contributed by atoms with Crippen LogP contribution in [-0.2, 0) is 14.8 Å². The molecule has 3 aromatic rings. The predicted molar refractivity (Wildman–Crippen MR) is 121 cm³/mol. The van der Waals surface area contributed by atoms with Crippen LogP contribution in [0, 0.1) is 12.8 Å². The lowest BCUT2D eigenvalue weighted by molar-refractivity contribution is -0.118. The van der Waals surface area contributed by atoms with E-state index in [1.165, 1.54) is 31.6 Å². The molecule has 0 aliphatic rings. The molecule has 1 atom stereocenters. The number of rotatable bonds is 8. The zero-order valence-electron chi connectivity index (χ0n) is 17.9. The molecule has 0 bridgehead atoms. The van der Waals surface area contributed by atoms with Gasteiger partial charge < -0.3 is 14.8 Å². The number of hydrogen-bond acceptors (Lipinski definition) is 7. The van der Waals surface area contributed by atoms with Crippen LogP contribution in [-0.4, -0.2) is 39.6 Å². The molecule has 1 amide bonds. The van der Waals surface area contributed by atoms with Gasteiger partial charge in [-0.1, -0.05) is 13.8 Å². The molecule has 0 unspecified atom stereocenters. The van der Waals surface area contributed by atoms with Gasteiger partial charge in [-0.2, -0.15) is 4.72 Å². The number of ether oxygens (including phenoxy) is 2. The first-order valence-electron chi connectivity index (χ1n) is 9.57. The van der Waals surface area contributed by atoms with Crippen LogP contribution in [0.25, 0.3) is 10.2 Å². The first kappa shape index (κ1) is 23.0. The number of hydrogen-bond donors (Lipinski definition) is 2. The van der Waals surface area contributed by atoms with Crippen molar-refractivity contribution < 1.29 is 22.7 Å². The predicted octanol–water partition coefficient (Wildman–Crippen LogP) is 3.56. The van der Waals surface area contributed by atoms with E-state index in [0.717, 1.165) is 15.2 Å². The topological polar surface area (TPSA) is 107 Å². The largest absolute Gasteiger partial charge is 0.497 e. The van der Waals surface area contributed by atoms with E-state index in [4.69, 9.17) is 9.47 Å². The van der Waals surface area contributed by atoms with Gasteiger partial charge in [0, 0.05) is 6.07 Å². The molecular formula is C21H25N3O5S2. The van der Waals surface area contributed by atoms with E-state index in [9.17, 15) is 13.2 Å². The van der Waals surface area contributed by atoms with Gasteiger partial charge in [0.2, 0.25) is 15.9 Å². The first-order chi connectivity index (χ1) is 14.6. The number of sulfonamides is 1. The quantitative estimate of drug-likeness (QED) is 0.529. The number of nitrogens with zero attached hydrogens (tertiary/aromatic N) is 1. The minimum Gasteiger partial charge on any atom is -0.497 e. The SMILES string of the molecule is COc1ccc(NC(=O)[C@H](NS(=O)(=O)c2ccc3nc(C)sc3c2)C(C)C)c(OC)c1. The minimum atomic E-state index is -3.93. The molecule has 0 aliphatic carbocycles. The lowest BCUT2D eigenvalue weighted by Gasteiger charge is -2.22. The lowest BCUT2D eigenvalue weighted by Crippen LogP contribution is -2.47. The van der Waals surface area contributed by atoms with Crippen LogP contribution in [0.2, 0.25) is 0 Å². The van der Waals surface area contributed by atoms with Gasteiger partial charge in [-0.3, -0.25) is 4.79 Å². The summed E-state index contributed by atoms with van der Waals surface area (Å²) in [4.78, 5) is 17.4. The number of anilines is 1. The molecule has 8 nitrogen and oxygen atoms in total. The van der Waals surface area contributed by atoms with E-state index < -0.39 is 22.0 Å². The molecule has 3 rings (SSSR count). The summed E-state index contributed by atoms with van der Waals surface area (Å²) < 4.78 is 39.8. The Morgan fingerprint density at radius 1 is 1.10 bits per heavy atom. The Bertz CT molecular complexity index is 1200. The fraction of sp³-hybridized carbons (Fsp3) is 0.333. The molecule has 0 aliphatic heterocycles. The maximum atomic E-state index is 13.0. The Morgan fingerprint density at radius 2 is 1.84 bits per heavy atom.